The molecule has 2 amide bonds. The number of piperidine rings is 1. The van der Waals surface area contributed by atoms with Gasteiger partial charge in [-0.1, -0.05) is 38.5 Å². The Hall–Kier alpha value is -2.04. The molecule has 1 aromatic rings. The zero-order valence-electron chi connectivity index (χ0n) is 16.5. The largest absolute Gasteiger partial charge is 0.494 e. The second-order valence-electron chi connectivity index (χ2n) is 8.14. The fraction of sp³-hybridized carbons (Fsp3) is 0.619. The topological polar surface area (TPSA) is 58.6 Å². The molecule has 0 unspecified atom stereocenters. The number of carbonyl (C=O) groups excluding carboxylic acids is 2. The lowest BCUT2D eigenvalue weighted by Crippen LogP contribution is -2.49. The van der Waals surface area contributed by atoms with Gasteiger partial charge in [0.15, 0.2) is 0 Å². The third kappa shape index (κ3) is 6.36. The predicted molar refractivity (Wildman–Crippen MR) is 103 cm³/mol. The van der Waals surface area contributed by atoms with E-state index < -0.39 is 0 Å². The number of nitrogens with one attached hydrogen (secondary N) is 1. The number of aryl methyl sites for hydroxylation is 1. The zero-order valence-corrected chi connectivity index (χ0v) is 16.5. The molecule has 1 aliphatic rings. The highest BCUT2D eigenvalue weighted by Gasteiger charge is 2.27. The summed E-state index contributed by atoms with van der Waals surface area (Å²) in [5.74, 6) is 1.10. The highest BCUT2D eigenvalue weighted by molar-refractivity contribution is 5.81. The van der Waals surface area contributed by atoms with Crippen LogP contribution in [0.15, 0.2) is 24.3 Å². The molecule has 0 aromatic heterocycles. The smallest absolute Gasteiger partial charge is 0.225 e. The van der Waals surface area contributed by atoms with Crippen molar-refractivity contribution in [3.05, 3.63) is 29.8 Å². The van der Waals surface area contributed by atoms with Crippen molar-refractivity contribution in [2.24, 2.45) is 5.41 Å². The van der Waals surface area contributed by atoms with E-state index in [-0.39, 0.29) is 23.3 Å². The van der Waals surface area contributed by atoms with Crippen LogP contribution in [0.1, 0.15) is 52.0 Å². The zero-order chi connectivity index (χ0) is 19.2. The fourth-order valence-corrected chi connectivity index (χ4v) is 2.88. The van der Waals surface area contributed by atoms with Gasteiger partial charge >= 0.3 is 0 Å². The summed E-state index contributed by atoms with van der Waals surface area (Å²) in [6, 6.07) is 8.11. The number of hydrogen-bond acceptors (Lipinski definition) is 3. The third-order valence-electron chi connectivity index (χ3n) is 4.69. The lowest BCUT2D eigenvalue weighted by molar-refractivity contribution is -0.133. The monoisotopic (exact) mass is 360 g/mol. The Morgan fingerprint density at radius 1 is 1.15 bits per heavy atom. The SMILES string of the molecule is Cc1ccc(OCCCC(=O)N2CCC(NC(=O)C(C)(C)C)CC2)cc1. The molecule has 26 heavy (non-hydrogen) atoms. The maximum Gasteiger partial charge on any atom is 0.225 e. The number of amides is 2. The van der Waals surface area contributed by atoms with Crippen LogP contribution in [0.5, 0.6) is 5.75 Å². The molecule has 144 valence electrons. The van der Waals surface area contributed by atoms with Crippen LogP contribution in [0.25, 0.3) is 0 Å². The number of rotatable bonds is 6. The van der Waals surface area contributed by atoms with E-state index in [2.05, 4.69) is 5.32 Å². The van der Waals surface area contributed by atoms with E-state index in [9.17, 15) is 9.59 Å². The van der Waals surface area contributed by atoms with Gasteiger partial charge in [0.05, 0.1) is 6.61 Å². The standard InChI is InChI=1S/C21H32N2O3/c1-16-7-9-18(10-8-16)26-15-5-6-19(24)23-13-11-17(12-14-23)22-20(25)21(2,3)4/h7-10,17H,5-6,11-15H2,1-4H3,(H,22,25). The Bertz CT molecular complexity index is 597. The number of carbonyl (C=O) groups is 2. The molecule has 0 spiro atoms. The molecule has 5 heteroatoms. The van der Waals surface area contributed by atoms with Gasteiger partial charge in [-0.25, -0.2) is 0 Å². The van der Waals surface area contributed by atoms with Crippen molar-refractivity contribution in [2.45, 2.75) is 59.4 Å². The molecule has 1 fully saturated rings. The second-order valence-corrected chi connectivity index (χ2v) is 8.14. The van der Waals surface area contributed by atoms with Gasteiger partial charge in [0.25, 0.3) is 0 Å². The van der Waals surface area contributed by atoms with Crippen LogP contribution >= 0.6 is 0 Å². The second kappa shape index (κ2) is 9.06. The van der Waals surface area contributed by atoms with Gasteiger partial charge in [0, 0.05) is 31.0 Å². The quantitative estimate of drug-likeness (QED) is 0.792. The van der Waals surface area contributed by atoms with E-state index >= 15 is 0 Å². The Morgan fingerprint density at radius 2 is 1.77 bits per heavy atom. The Kier molecular flexibility index (Phi) is 7.06. The Balaban J connectivity index is 1.63. The van der Waals surface area contributed by atoms with Crippen molar-refractivity contribution in [1.29, 1.82) is 0 Å². The number of ether oxygens (including phenoxy) is 1. The molecule has 1 aliphatic heterocycles. The highest BCUT2D eigenvalue weighted by atomic mass is 16.5. The van der Waals surface area contributed by atoms with Crippen LogP contribution in [0.2, 0.25) is 0 Å². The fourth-order valence-electron chi connectivity index (χ4n) is 2.88. The summed E-state index contributed by atoms with van der Waals surface area (Å²) in [4.78, 5) is 26.3. The molecule has 1 aromatic carbocycles. The van der Waals surface area contributed by atoms with Crippen molar-refractivity contribution >= 4 is 11.8 Å². The molecule has 5 nitrogen and oxygen atoms in total. The average molecular weight is 360 g/mol. The van der Waals surface area contributed by atoms with Crippen molar-refractivity contribution in [1.82, 2.24) is 10.2 Å². The van der Waals surface area contributed by atoms with Crippen LogP contribution < -0.4 is 10.1 Å². The molecule has 2 rings (SSSR count). The number of hydrogen-bond donors (Lipinski definition) is 1. The summed E-state index contributed by atoms with van der Waals surface area (Å²) in [7, 11) is 0. The van der Waals surface area contributed by atoms with Crippen LogP contribution in [-0.2, 0) is 9.59 Å². The van der Waals surface area contributed by atoms with Gasteiger partial charge in [0.2, 0.25) is 11.8 Å². The lowest BCUT2D eigenvalue weighted by Gasteiger charge is -2.33. The van der Waals surface area contributed by atoms with E-state index in [4.69, 9.17) is 4.74 Å². The first-order chi connectivity index (χ1) is 12.3. The van der Waals surface area contributed by atoms with Crippen molar-refractivity contribution in [3.63, 3.8) is 0 Å². The summed E-state index contributed by atoms with van der Waals surface area (Å²) in [6.07, 6.45) is 2.87. The lowest BCUT2D eigenvalue weighted by atomic mass is 9.94. The molecule has 0 saturated carbocycles. The Labute approximate surface area is 157 Å². The van der Waals surface area contributed by atoms with Gasteiger partial charge in [-0.3, -0.25) is 9.59 Å². The summed E-state index contributed by atoms with van der Waals surface area (Å²) in [5.41, 5.74) is 0.833. The van der Waals surface area contributed by atoms with Crippen molar-refractivity contribution in [3.8, 4) is 5.75 Å². The van der Waals surface area contributed by atoms with E-state index in [0.29, 0.717) is 32.5 Å². The van der Waals surface area contributed by atoms with Gasteiger partial charge in [-0.15, -0.1) is 0 Å². The molecule has 1 saturated heterocycles. The normalized spacial score (nSPS) is 15.6. The summed E-state index contributed by atoms with van der Waals surface area (Å²) >= 11 is 0. The minimum Gasteiger partial charge on any atom is -0.494 e. The van der Waals surface area contributed by atoms with Crippen molar-refractivity contribution < 1.29 is 14.3 Å². The van der Waals surface area contributed by atoms with Gasteiger partial charge in [-0.2, -0.15) is 0 Å². The molecule has 0 atom stereocenters. The summed E-state index contributed by atoms with van der Waals surface area (Å²) < 4.78 is 5.67. The first-order valence-electron chi connectivity index (χ1n) is 9.54. The van der Waals surface area contributed by atoms with Crippen LogP contribution in [0.3, 0.4) is 0 Å². The molecule has 1 heterocycles. The molecule has 0 aliphatic carbocycles. The molecule has 0 bridgehead atoms. The molecule has 0 radical (unpaired) electrons. The van der Waals surface area contributed by atoms with E-state index in [1.807, 2.05) is 56.9 Å². The summed E-state index contributed by atoms with van der Waals surface area (Å²) in [6.45, 7) is 9.77. The highest BCUT2D eigenvalue weighted by Crippen LogP contribution is 2.17. The van der Waals surface area contributed by atoms with Crippen molar-refractivity contribution in [2.75, 3.05) is 19.7 Å². The number of likely N-dealkylation sites (tertiary alicyclic amines) is 1. The molecular formula is C21H32N2O3. The average Bonchev–Trinajstić information content (AvgIpc) is 2.60. The van der Waals surface area contributed by atoms with Crippen LogP contribution in [0.4, 0.5) is 0 Å². The van der Waals surface area contributed by atoms with E-state index in [1.54, 1.807) is 0 Å². The van der Waals surface area contributed by atoms with Gasteiger partial charge in [-0.05, 0) is 38.3 Å². The first-order valence-corrected chi connectivity index (χ1v) is 9.54. The third-order valence-corrected chi connectivity index (χ3v) is 4.69. The summed E-state index contributed by atoms with van der Waals surface area (Å²) in [5, 5.41) is 3.10. The first kappa shape index (κ1) is 20.3. The van der Waals surface area contributed by atoms with E-state index in [1.165, 1.54) is 5.56 Å². The Morgan fingerprint density at radius 3 is 2.35 bits per heavy atom. The van der Waals surface area contributed by atoms with Gasteiger partial charge < -0.3 is 15.0 Å². The maximum atomic E-state index is 12.3. The maximum absolute atomic E-state index is 12.3. The number of nitrogens with zero attached hydrogens (tertiary/aromatic N) is 1. The minimum atomic E-state index is -0.371. The van der Waals surface area contributed by atoms with Gasteiger partial charge in [0.1, 0.15) is 5.75 Å². The molecular weight excluding hydrogens is 328 g/mol. The van der Waals surface area contributed by atoms with Crippen LogP contribution in [-0.4, -0.2) is 42.5 Å². The predicted octanol–water partition coefficient (Wildman–Crippen LogP) is 3.31. The minimum absolute atomic E-state index is 0.0792. The van der Waals surface area contributed by atoms with E-state index in [0.717, 1.165) is 18.6 Å². The number of benzene rings is 1. The molecule has 1 N–H and O–H groups in total. The van der Waals surface area contributed by atoms with Crippen LogP contribution in [0, 0.1) is 12.3 Å².